The fourth-order valence-electron chi connectivity index (χ4n) is 3.30. The van der Waals surface area contributed by atoms with Gasteiger partial charge in [-0.1, -0.05) is 17.3 Å². The van der Waals surface area contributed by atoms with E-state index in [1.807, 2.05) is 0 Å². The zero-order chi connectivity index (χ0) is 18.7. The summed E-state index contributed by atoms with van der Waals surface area (Å²) in [6.45, 7) is 2.77. The normalized spacial score (nSPS) is 16.5. The Kier molecular flexibility index (Phi) is 5.29. The van der Waals surface area contributed by atoms with Crippen molar-refractivity contribution in [2.24, 2.45) is 5.92 Å². The molecule has 1 unspecified atom stereocenters. The topological polar surface area (TPSA) is 94.4 Å². The smallest absolute Gasteiger partial charge is 0.305 e. The molecule has 0 bridgehead atoms. The average molecular weight is 358 g/mol. The van der Waals surface area contributed by atoms with Crippen LogP contribution in [-0.4, -0.2) is 52.0 Å². The van der Waals surface area contributed by atoms with Crippen LogP contribution in [0.2, 0.25) is 0 Å². The third-order valence-corrected chi connectivity index (χ3v) is 4.92. The quantitative estimate of drug-likeness (QED) is 0.761. The van der Waals surface area contributed by atoms with Crippen LogP contribution in [0.5, 0.6) is 0 Å². The van der Waals surface area contributed by atoms with Gasteiger partial charge in [-0.2, -0.15) is 4.68 Å². The predicted octanol–water partition coefficient (Wildman–Crippen LogP) is 1.15. The number of nitrogens with zero attached hydrogens (tertiary/aromatic N) is 4. The molecule has 1 aromatic heterocycles. The van der Waals surface area contributed by atoms with E-state index < -0.39 is 6.04 Å². The number of rotatable bonds is 4. The van der Waals surface area contributed by atoms with Gasteiger partial charge in [0.05, 0.1) is 12.5 Å². The predicted molar refractivity (Wildman–Crippen MR) is 94.4 cm³/mol. The number of carbonyl (C=O) groups is 2. The number of aromatic nitrogens is 3. The first-order chi connectivity index (χ1) is 12.5. The largest absolute Gasteiger partial charge is 0.469 e. The van der Waals surface area contributed by atoms with E-state index in [-0.39, 0.29) is 23.4 Å². The minimum absolute atomic E-state index is 0.159. The number of hydrogen-bond donors (Lipinski definition) is 0. The summed E-state index contributed by atoms with van der Waals surface area (Å²) in [5.74, 6) is -0.153. The Morgan fingerprint density at radius 1 is 1.27 bits per heavy atom. The van der Waals surface area contributed by atoms with Crippen LogP contribution in [0.15, 0.2) is 29.1 Å². The monoisotopic (exact) mass is 358 g/mol. The molecule has 2 aromatic rings. The Morgan fingerprint density at radius 3 is 2.65 bits per heavy atom. The maximum absolute atomic E-state index is 12.8. The lowest BCUT2D eigenvalue weighted by atomic mass is 9.93. The van der Waals surface area contributed by atoms with Crippen LogP contribution in [0.4, 0.5) is 0 Å². The lowest BCUT2D eigenvalue weighted by molar-refractivity contribution is -0.142. The molecular formula is C18H22N4O4. The SMILES string of the molecule is COC(=O)CC1CCN(C(=O)C(C)n2nnc3ccccc3c2=O)CC1. The second-order valence-corrected chi connectivity index (χ2v) is 6.58. The van der Waals surface area contributed by atoms with Gasteiger partial charge in [-0.25, -0.2) is 0 Å². The van der Waals surface area contributed by atoms with Gasteiger partial charge in [-0.15, -0.1) is 5.10 Å². The van der Waals surface area contributed by atoms with E-state index in [1.165, 1.54) is 7.11 Å². The van der Waals surface area contributed by atoms with Crippen LogP contribution in [0.3, 0.4) is 0 Å². The lowest BCUT2D eigenvalue weighted by Crippen LogP contribution is -2.44. The number of hydrogen-bond acceptors (Lipinski definition) is 6. The first-order valence-electron chi connectivity index (χ1n) is 8.71. The summed E-state index contributed by atoms with van der Waals surface area (Å²) in [4.78, 5) is 38.5. The highest BCUT2D eigenvalue weighted by Crippen LogP contribution is 2.22. The molecule has 1 saturated heterocycles. The first-order valence-corrected chi connectivity index (χ1v) is 8.71. The van der Waals surface area contributed by atoms with Gasteiger partial charge in [0.1, 0.15) is 11.6 Å². The second kappa shape index (κ2) is 7.63. The maximum atomic E-state index is 12.8. The highest BCUT2D eigenvalue weighted by Gasteiger charge is 2.29. The van der Waals surface area contributed by atoms with Crippen LogP contribution < -0.4 is 5.56 Å². The Labute approximate surface area is 150 Å². The number of likely N-dealkylation sites (tertiary alicyclic amines) is 1. The minimum Gasteiger partial charge on any atom is -0.469 e. The number of methoxy groups -OCH3 is 1. The van der Waals surface area contributed by atoms with E-state index in [1.54, 1.807) is 36.1 Å². The number of esters is 1. The highest BCUT2D eigenvalue weighted by atomic mass is 16.5. The van der Waals surface area contributed by atoms with Crippen molar-refractivity contribution in [2.75, 3.05) is 20.2 Å². The van der Waals surface area contributed by atoms with E-state index in [4.69, 9.17) is 4.74 Å². The molecule has 1 aromatic carbocycles. The minimum atomic E-state index is -0.725. The summed E-state index contributed by atoms with van der Waals surface area (Å²) in [6, 6.07) is 6.21. The molecule has 1 atom stereocenters. The zero-order valence-electron chi connectivity index (χ0n) is 14.9. The average Bonchev–Trinajstić information content (AvgIpc) is 2.68. The van der Waals surface area contributed by atoms with Crippen LogP contribution >= 0.6 is 0 Å². The fourth-order valence-corrected chi connectivity index (χ4v) is 3.30. The summed E-state index contributed by atoms with van der Waals surface area (Å²) in [5, 5.41) is 8.41. The lowest BCUT2D eigenvalue weighted by Gasteiger charge is -2.33. The van der Waals surface area contributed by atoms with Crippen molar-refractivity contribution in [1.29, 1.82) is 0 Å². The first kappa shape index (κ1) is 18.0. The standard InChI is InChI=1S/C18H22N4O4/c1-12(22-18(25)14-5-3-4-6-15(14)19-20-22)17(24)21-9-7-13(8-10-21)11-16(23)26-2/h3-6,12-13H,7-11H2,1-2H3. The summed E-state index contributed by atoms with van der Waals surface area (Å²) in [7, 11) is 1.38. The third kappa shape index (κ3) is 3.58. The molecule has 0 radical (unpaired) electrons. The van der Waals surface area contributed by atoms with Crippen molar-refractivity contribution in [2.45, 2.75) is 32.2 Å². The molecule has 3 rings (SSSR count). The Bertz CT molecular complexity index is 871. The Hall–Kier alpha value is -2.77. The molecule has 1 aliphatic rings. The van der Waals surface area contributed by atoms with Crippen LogP contribution in [0.1, 0.15) is 32.2 Å². The van der Waals surface area contributed by atoms with E-state index in [2.05, 4.69) is 10.3 Å². The summed E-state index contributed by atoms with van der Waals surface area (Å²) < 4.78 is 5.84. The van der Waals surface area contributed by atoms with E-state index in [0.29, 0.717) is 30.4 Å². The van der Waals surface area contributed by atoms with Crippen molar-refractivity contribution in [1.82, 2.24) is 19.9 Å². The van der Waals surface area contributed by atoms with Gasteiger partial charge in [0.25, 0.3) is 5.56 Å². The molecule has 0 spiro atoms. The molecule has 0 N–H and O–H groups in total. The van der Waals surface area contributed by atoms with E-state index in [9.17, 15) is 14.4 Å². The molecule has 26 heavy (non-hydrogen) atoms. The molecule has 0 aliphatic carbocycles. The number of benzene rings is 1. The van der Waals surface area contributed by atoms with Crippen molar-refractivity contribution >= 4 is 22.8 Å². The van der Waals surface area contributed by atoms with Gasteiger partial charge in [0.2, 0.25) is 5.91 Å². The van der Waals surface area contributed by atoms with Crippen molar-refractivity contribution in [3.8, 4) is 0 Å². The molecule has 0 saturated carbocycles. The molecular weight excluding hydrogens is 336 g/mol. The summed E-state index contributed by atoms with van der Waals surface area (Å²) in [6.07, 6.45) is 1.86. The molecule has 1 fully saturated rings. The van der Waals surface area contributed by atoms with Crippen molar-refractivity contribution in [3.05, 3.63) is 34.6 Å². The highest BCUT2D eigenvalue weighted by molar-refractivity contribution is 5.81. The number of piperidine rings is 1. The van der Waals surface area contributed by atoms with Crippen molar-refractivity contribution < 1.29 is 14.3 Å². The van der Waals surface area contributed by atoms with Gasteiger partial charge in [0, 0.05) is 19.5 Å². The van der Waals surface area contributed by atoms with Gasteiger partial charge in [0.15, 0.2) is 0 Å². The zero-order valence-corrected chi connectivity index (χ0v) is 14.9. The van der Waals surface area contributed by atoms with Gasteiger partial charge in [-0.3, -0.25) is 14.4 Å². The number of fused-ring (bicyclic) bond motifs is 1. The molecule has 8 heteroatoms. The Balaban J connectivity index is 1.70. The number of amides is 1. The molecule has 138 valence electrons. The number of carbonyl (C=O) groups excluding carboxylic acids is 2. The van der Waals surface area contributed by atoms with Gasteiger partial charge in [-0.05, 0) is 37.8 Å². The molecule has 2 heterocycles. The number of ether oxygens (including phenoxy) is 1. The third-order valence-electron chi connectivity index (χ3n) is 4.92. The van der Waals surface area contributed by atoms with Crippen LogP contribution in [-0.2, 0) is 14.3 Å². The van der Waals surface area contributed by atoms with E-state index in [0.717, 1.165) is 17.5 Å². The molecule has 1 amide bonds. The van der Waals surface area contributed by atoms with Gasteiger partial charge >= 0.3 is 5.97 Å². The van der Waals surface area contributed by atoms with Crippen LogP contribution in [0, 0.1) is 5.92 Å². The summed E-state index contributed by atoms with van der Waals surface area (Å²) in [5.41, 5.74) is 0.189. The fraction of sp³-hybridized carbons (Fsp3) is 0.500. The maximum Gasteiger partial charge on any atom is 0.305 e. The molecule has 1 aliphatic heterocycles. The van der Waals surface area contributed by atoms with E-state index >= 15 is 0 Å². The van der Waals surface area contributed by atoms with Crippen LogP contribution in [0.25, 0.3) is 10.9 Å². The second-order valence-electron chi connectivity index (χ2n) is 6.58. The summed E-state index contributed by atoms with van der Waals surface area (Å²) >= 11 is 0. The van der Waals surface area contributed by atoms with Gasteiger partial charge < -0.3 is 9.64 Å². The Morgan fingerprint density at radius 2 is 1.96 bits per heavy atom. The van der Waals surface area contributed by atoms with Crippen molar-refractivity contribution in [3.63, 3.8) is 0 Å². The molecule has 8 nitrogen and oxygen atoms in total.